The molecule has 3 aromatic rings. The molecule has 6 nitrogen and oxygen atoms in total. The molecule has 0 bridgehead atoms. The second kappa shape index (κ2) is 7.46. The second-order valence-corrected chi connectivity index (χ2v) is 6.69. The first-order valence-corrected chi connectivity index (χ1v) is 8.44. The molecule has 0 unspecified atom stereocenters. The molecule has 1 aromatic carbocycles. The van der Waals surface area contributed by atoms with E-state index in [9.17, 15) is 4.79 Å². The Bertz CT molecular complexity index is 822. The van der Waals surface area contributed by atoms with Crippen molar-refractivity contribution in [3.63, 3.8) is 0 Å². The third kappa shape index (κ3) is 4.12. The summed E-state index contributed by atoms with van der Waals surface area (Å²) in [6.07, 6.45) is 1.48. The van der Waals surface area contributed by atoms with E-state index in [-0.39, 0.29) is 11.2 Å². The van der Waals surface area contributed by atoms with Gasteiger partial charge in [0.25, 0.3) is 0 Å². The number of hydrogen-bond acceptors (Lipinski definition) is 5. The van der Waals surface area contributed by atoms with E-state index < -0.39 is 0 Å². The van der Waals surface area contributed by atoms with Crippen LogP contribution in [0.2, 0.25) is 5.02 Å². The molecule has 2 aromatic heterocycles. The Kier molecular flexibility index (Phi) is 5.12. The molecule has 0 spiro atoms. The molecule has 1 atom stereocenters. The lowest BCUT2D eigenvalue weighted by Gasteiger charge is -2.09. The van der Waals surface area contributed by atoms with Gasteiger partial charge in [-0.05, 0) is 19.1 Å². The van der Waals surface area contributed by atoms with Crippen LogP contribution in [0.1, 0.15) is 6.92 Å². The minimum atomic E-state index is -0.373. The molecule has 2 heterocycles. The minimum Gasteiger partial charge on any atom is -0.310 e. The molecule has 122 valence electrons. The average Bonchev–Trinajstić information content (AvgIpc) is 3.06. The van der Waals surface area contributed by atoms with Gasteiger partial charge in [-0.1, -0.05) is 53.7 Å². The first kappa shape index (κ1) is 16.5. The molecule has 3 rings (SSSR count). The molecule has 0 aliphatic heterocycles. The van der Waals surface area contributed by atoms with Crippen molar-refractivity contribution in [1.82, 2.24) is 20.2 Å². The van der Waals surface area contributed by atoms with Crippen LogP contribution >= 0.6 is 23.4 Å². The van der Waals surface area contributed by atoms with E-state index in [1.54, 1.807) is 19.1 Å². The summed E-state index contributed by atoms with van der Waals surface area (Å²) in [5.41, 5.74) is 0.944. The smallest absolute Gasteiger partial charge is 0.238 e. The highest BCUT2D eigenvalue weighted by Gasteiger charge is 2.18. The number of benzene rings is 1. The van der Waals surface area contributed by atoms with Gasteiger partial charge in [-0.25, -0.2) is 9.97 Å². The van der Waals surface area contributed by atoms with E-state index in [1.165, 1.54) is 18.0 Å². The van der Waals surface area contributed by atoms with Crippen LogP contribution in [-0.4, -0.2) is 31.3 Å². The first-order chi connectivity index (χ1) is 11.6. The standard InChI is InChI=1S/C16H14ClN5OS/c1-10(15(23)19-13-8-7-12(17)9-18-13)24-16-20-14(21-22-16)11-5-3-2-4-6-11/h2-10H,1H3,(H,18,19,23)(H,20,21,22)/t10-/m0/s1. The van der Waals surface area contributed by atoms with Crippen molar-refractivity contribution in [2.45, 2.75) is 17.3 Å². The summed E-state index contributed by atoms with van der Waals surface area (Å²) in [5, 5.41) is 10.4. The number of pyridine rings is 1. The topological polar surface area (TPSA) is 83.6 Å². The third-order valence-electron chi connectivity index (χ3n) is 3.14. The summed E-state index contributed by atoms with van der Waals surface area (Å²) in [5.74, 6) is 0.947. The zero-order chi connectivity index (χ0) is 16.9. The van der Waals surface area contributed by atoms with Gasteiger partial charge in [0.2, 0.25) is 11.1 Å². The zero-order valence-corrected chi connectivity index (χ0v) is 14.3. The Morgan fingerprint density at radius 3 is 2.75 bits per heavy atom. The maximum Gasteiger partial charge on any atom is 0.238 e. The number of halogens is 1. The normalized spacial score (nSPS) is 11.9. The molecule has 0 fully saturated rings. The Labute approximate surface area is 148 Å². The summed E-state index contributed by atoms with van der Waals surface area (Å²) in [6.45, 7) is 1.79. The Hall–Kier alpha value is -2.38. The fourth-order valence-corrected chi connectivity index (χ4v) is 2.75. The monoisotopic (exact) mass is 359 g/mol. The number of nitrogens with zero attached hydrogens (tertiary/aromatic N) is 3. The fourth-order valence-electron chi connectivity index (χ4n) is 1.91. The number of H-pyrrole nitrogens is 1. The van der Waals surface area contributed by atoms with Crippen molar-refractivity contribution in [2.24, 2.45) is 0 Å². The van der Waals surface area contributed by atoms with Crippen LogP contribution in [0.25, 0.3) is 11.4 Å². The maximum atomic E-state index is 12.2. The van der Waals surface area contributed by atoms with E-state index in [1.807, 2.05) is 30.3 Å². The number of carbonyl (C=O) groups excluding carboxylic acids is 1. The van der Waals surface area contributed by atoms with E-state index in [4.69, 9.17) is 11.6 Å². The van der Waals surface area contributed by atoms with E-state index in [2.05, 4.69) is 25.5 Å². The highest BCUT2D eigenvalue weighted by atomic mass is 35.5. The van der Waals surface area contributed by atoms with Crippen molar-refractivity contribution in [1.29, 1.82) is 0 Å². The summed E-state index contributed by atoms with van der Waals surface area (Å²) in [4.78, 5) is 20.7. The number of hydrogen-bond donors (Lipinski definition) is 2. The van der Waals surface area contributed by atoms with Crippen molar-refractivity contribution in [2.75, 3.05) is 5.32 Å². The maximum absolute atomic E-state index is 12.2. The molecular weight excluding hydrogens is 346 g/mol. The molecule has 0 saturated heterocycles. The van der Waals surface area contributed by atoms with Gasteiger partial charge in [-0.2, -0.15) is 0 Å². The van der Waals surface area contributed by atoms with Gasteiger partial charge in [0.15, 0.2) is 5.82 Å². The Morgan fingerprint density at radius 1 is 1.25 bits per heavy atom. The molecule has 0 saturated carbocycles. The van der Waals surface area contributed by atoms with E-state index >= 15 is 0 Å². The highest BCUT2D eigenvalue weighted by molar-refractivity contribution is 8.00. The molecule has 8 heteroatoms. The third-order valence-corrected chi connectivity index (χ3v) is 4.33. The number of aromatic amines is 1. The van der Waals surface area contributed by atoms with E-state index in [0.29, 0.717) is 21.8 Å². The zero-order valence-electron chi connectivity index (χ0n) is 12.7. The van der Waals surface area contributed by atoms with Crippen LogP contribution in [-0.2, 0) is 4.79 Å². The van der Waals surface area contributed by atoms with Crippen LogP contribution in [0.5, 0.6) is 0 Å². The lowest BCUT2D eigenvalue weighted by Crippen LogP contribution is -2.23. The minimum absolute atomic E-state index is 0.180. The van der Waals surface area contributed by atoms with Crippen molar-refractivity contribution < 1.29 is 4.79 Å². The number of anilines is 1. The summed E-state index contributed by atoms with van der Waals surface area (Å²) in [7, 11) is 0. The number of amides is 1. The van der Waals surface area contributed by atoms with Crippen LogP contribution in [0.4, 0.5) is 5.82 Å². The summed E-state index contributed by atoms with van der Waals surface area (Å²) >= 11 is 7.04. The van der Waals surface area contributed by atoms with E-state index in [0.717, 1.165) is 5.56 Å². The Morgan fingerprint density at radius 2 is 2.04 bits per heavy atom. The predicted molar refractivity (Wildman–Crippen MR) is 95.0 cm³/mol. The lowest BCUT2D eigenvalue weighted by molar-refractivity contribution is -0.115. The number of aromatic nitrogens is 4. The molecule has 2 N–H and O–H groups in total. The van der Waals surface area contributed by atoms with Gasteiger partial charge in [-0.3, -0.25) is 9.89 Å². The number of thioether (sulfide) groups is 1. The summed E-state index contributed by atoms with van der Waals surface area (Å²) in [6, 6.07) is 13.0. The number of rotatable bonds is 5. The van der Waals surface area contributed by atoms with Crippen LogP contribution in [0.15, 0.2) is 53.8 Å². The number of carbonyl (C=O) groups is 1. The van der Waals surface area contributed by atoms with Crippen LogP contribution in [0.3, 0.4) is 0 Å². The molecule has 0 aliphatic carbocycles. The largest absolute Gasteiger partial charge is 0.310 e. The highest BCUT2D eigenvalue weighted by Crippen LogP contribution is 2.23. The fraction of sp³-hybridized carbons (Fsp3) is 0.125. The molecular formula is C16H14ClN5OS. The lowest BCUT2D eigenvalue weighted by atomic mass is 10.2. The van der Waals surface area contributed by atoms with Gasteiger partial charge in [-0.15, -0.1) is 5.10 Å². The van der Waals surface area contributed by atoms with Gasteiger partial charge in [0, 0.05) is 11.8 Å². The predicted octanol–water partition coefficient (Wildman–Crippen LogP) is 3.64. The van der Waals surface area contributed by atoms with Crippen molar-refractivity contribution in [3.05, 3.63) is 53.7 Å². The summed E-state index contributed by atoms with van der Waals surface area (Å²) < 4.78 is 0. The molecule has 24 heavy (non-hydrogen) atoms. The quantitative estimate of drug-likeness (QED) is 0.679. The molecule has 0 aliphatic rings. The molecule has 0 radical (unpaired) electrons. The Balaban J connectivity index is 1.62. The van der Waals surface area contributed by atoms with Gasteiger partial charge in [0.05, 0.1) is 10.3 Å². The first-order valence-electron chi connectivity index (χ1n) is 7.19. The van der Waals surface area contributed by atoms with Gasteiger partial charge < -0.3 is 5.32 Å². The van der Waals surface area contributed by atoms with Gasteiger partial charge in [0.1, 0.15) is 5.82 Å². The second-order valence-electron chi connectivity index (χ2n) is 4.94. The van der Waals surface area contributed by atoms with Crippen molar-refractivity contribution >= 4 is 35.1 Å². The SMILES string of the molecule is C[C@H](Sc1n[nH]c(-c2ccccc2)n1)C(=O)Nc1ccc(Cl)cn1. The van der Waals surface area contributed by atoms with Crippen LogP contribution in [0, 0.1) is 0 Å². The molecule has 1 amide bonds. The average molecular weight is 360 g/mol. The van der Waals surface area contributed by atoms with Gasteiger partial charge >= 0.3 is 0 Å². The number of nitrogens with one attached hydrogen (secondary N) is 2. The van der Waals surface area contributed by atoms with Crippen LogP contribution < -0.4 is 5.32 Å². The van der Waals surface area contributed by atoms with Crippen molar-refractivity contribution in [3.8, 4) is 11.4 Å².